The summed E-state index contributed by atoms with van der Waals surface area (Å²) in [5.41, 5.74) is 5.65. The summed E-state index contributed by atoms with van der Waals surface area (Å²) < 4.78 is 0. The zero-order valence-electron chi connectivity index (χ0n) is 11.5. The van der Waals surface area contributed by atoms with Crippen LogP contribution in [0.4, 0.5) is 0 Å². The van der Waals surface area contributed by atoms with Gasteiger partial charge in [-0.2, -0.15) is 0 Å². The molecule has 1 saturated heterocycles. The standard InChI is InChI=1S/C14H23N3OS/c1-2-12(10-15)14(18)17-7-5-16(6-8-17)11-13-4-3-9-19-13/h3-4,9,12H,2,5-8,10-11,15H2,1H3. The van der Waals surface area contributed by atoms with E-state index in [0.717, 1.165) is 39.1 Å². The monoisotopic (exact) mass is 281 g/mol. The number of hydrogen-bond acceptors (Lipinski definition) is 4. The molecule has 1 unspecified atom stereocenters. The molecule has 2 rings (SSSR count). The quantitative estimate of drug-likeness (QED) is 0.887. The van der Waals surface area contributed by atoms with Gasteiger partial charge in [0, 0.05) is 44.1 Å². The maximum Gasteiger partial charge on any atom is 0.227 e. The van der Waals surface area contributed by atoms with E-state index in [1.807, 2.05) is 11.8 Å². The zero-order chi connectivity index (χ0) is 13.7. The van der Waals surface area contributed by atoms with Crippen molar-refractivity contribution >= 4 is 17.2 Å². The molecule has 19 heavy (non-hydrogen) atoms. The number of hydrogen-bond donors (Lipinski definition) is 1. The Balaban J connectivity index is 1.80. The lowest BCUT2D eigenvalue weighted by Crippen LogP contribution is -2.50. The van der Waals surface area contributed by atoms with Gasteiger partial charge >= 0.3 is 0 Å². The first-order chi connectivity index (χ1) is 9.24. The molecule has 1 atom stereocenters. The molecule has 0 radical (unpaired) electrons. The van der Waals surface area contributed by atoms with Gasteiger partial charge < -0.3 is 10.6 Å². The number of carbonyl (C=O) groups is 1. The number of thiophene rings is 1. The molecule has 4 nitrogen and oxygen atoms in total. The number of amides is 1. The summed E-state index contributed by atoms with van der Waals surface area (Å²) in [7, 11) is 0. The Morgan fingerprint density at radius 1 is 1.42 bits per heavy atom. The first kappa shape index (κ1) is 14.5. The minimum atomic E-state index is 0.00356. The summed E-state index contributed by atoms with van der Waals surface area (Å²) in [5, 5.41) is 2.11. The summed E-state index contributed by atoms with van der Waals surface area (Å²) >= 11 is 1.80. The molecule has 1 amide bonds. The largest absolute Gasteiger partial charge is 0.340 e. The van der Waals surface area contributed by atoms with Crippen LogP contribution >= 0.6 is 11.3 Å². The molecule has 2 heterocycles. The van der Waals surface area contributed by atoms with E-state index in [9.17, 15) is 4.79 Å². The van der Waals surface area contributed by atoms with Crippen molar-refractivity contribution in [2.45, 2.75) is 19.9 Å². The van der Waals surface area contributed by atoms with Gasteiger partial charge in [-0.25, -0.2) is 0 Å². The Morgan fingerprint density at radius 3 is 2.68 bits per heavy atom. The number of piperazine rings is 1. The highest BCUT2D eigenvalue weighted by Crippen LogP contribution is 2.15. The van der Waals surface area contributed by atoms with Crippen LogP contribution in [-0.2, 0) is 11.3 Å². The van der Waals surface area contributed by atoms with Crippen molar-refractivity contribution in [3.63, 3.8) is 0 Å². The van der Waals surface area contributed by atoms with Gasteiger partial charge in [0.25, 0.3) is 0 Å². The van der Waals surface area contributed by atoms with Crippen molar-refractivity contribution in [1.82, 2.24) is 9.80 Å². The number of rotatable bonds is 5. The normalized spacial score (nSPS) is 18.5. The van der Waals surface area contributed by atoms with Crippen molar-refractivity contribution in [3.8, 4) is 0 Å². The first-order valence-electron chi connectivity index (χ1n) is 6.98. The number of carbonyl (C=O) groups excluding carboxylic acids is 1. The molecule has 0 saturated carbocycles. The average Bonchev–Trinajstić information content (AvgIpc) is 2.94. The van der Waals surface area contributed by atoms with Crippen molar-refractivity contribution in [2.24, 2.45) is 11.7 Å². The number of nitrogens with zero attached hydrogens (tertiary/aromatic N) is 2. The SMILES string of the molecule is CCC(CN)C(=O)N1CCN(Cc2cccs2)CC1. The molecule has 2 N–H and O–H groups in total. The van der Waals surface area contributed by atoms with Gasteiger partial charge in [-0.05, 0) is 17.9 Å². The molecule has 1 aliphatic heterocycles. The fraction of sp³-hybridized carbons (Fsp3) is 0.643. The lowest BCUT2D eigenvalue weighted by atomic mass is 10.0. The Bertz CT molecular complexity index is 381. The lowest BCUT2D eigenvalue weighted by Gasteiger charge is -2.36. The molecule has 1 fully saturated rings. The van der Waals surface area contributed by atoms with Crippen LogP contribution in [0.3, 0.4) is 0 Å². The Hall–Kier alpha value is -0.910. The molecule has 1 aromatic rings. The van der Waals surface area contributed by atoms with Gasteiger partial charge in [0.2, 0.25) is 5.91 Å². The highest BCUT2D eigenvalue weighted by atomic mass is 32.1. The van der Waals surface area contributed by atoms with Crippen molar-refractivity contribution in [2.75, 3.05) is 32.7 Å². The van der Waals surface area contributed by atoms with E-state index < -0.39 is 0 Å². The molecule has 1 aliphatic rings. The zero-order valence-corrected chi connectivity index (χ0v) is 12.4. The van der Waals surface area contributed by atoms with Crippen LogP contribution in [0.15, 0.2) is 17.5 Å². The topological polar surface area (TPSA) is 49.6 Å². The molecule has 106 valence electrons. The second-order valence-corrected chi connectivity index (χ2v) is 6.05. The van der Waals surface area contributed by atoms with Crippen LogP contribution in [0, 0.1) is 5.92 Å². The highest BCUT2D eigenvalue weighted by molar-refractivity contribution is 7.09. The predicted octanol–water partition coefficient (Wildman–Crippen LogP) is 1.38. The van der Waals surface area contributed by atoms with Crippen LogP contribution in [0.1, 0.15) is 18.2 Å². The first-order valence-corrected chi connectivity index (χ1v) is 7.86. The second-order valence-electron chi connectivity index (χ2n) is 5.02. The maximum atomic E-state index is 12.2. The van der Waals surface area contributed by atoms with Gasteiger partial charge in [0.1, 0.15) is 0 Å². The molecule has 5 heteroatoms. The predicted molar refractivity (Wildman–Crippen MR) is 79.0 cm³/mol. The Morgan fingerprint density at radius 2 is 2.16 bits per heavy atom. The molecule has 0 bridgehead atoms. The second kappa shape index (κ2) is 7.03. The fourth-order valence-corrected chi connectivity index (χ4v) is 3.20. The van der Waals surface area contributed by atoms with E-state index in [1.165, 1.54) is 4.88 Å². The summed E-state index contributed by atoms with van der Waals surface area (Å²) in [5.74, 6) is 0.240. The van der Waals surface area contributed by atoms with Crippen molar-refractivity contribution in [1.29, 1.82) is 0 Å². The molecular formula is C14H23N3OS. The molecule has 0 aromatic carbocycles. The van der Waals surface area contributed by atoms with Crippen LogP contribution in [0.5, 0.6) is 0 Å². The molecule has 0 spiro atoms. The lowest BCUT2D eigenvalue weighted by molar-refractivity contribution is -0.137. The van der Waals surface area contributed by atoms with Crippen LogP contribution < -0.4 is 5.73 Å². The minimum Gasteiger partial charge on any atom is -0.340 e. The van der Waals surface area contributed by atoms with Crippen molar-refractivity contribution < 1.29 is 4.79 Å². The van der Waals surface area contributed by atoms with Crippen LogP contribution in [0.25, 0.3) is 0 Å². The third-order valence-corrected chi connectivity index (χ3v) is 4.63. The summed E-state index contributed by atoms with van der Waals surface area (Å²) in [6.45, 7) is 7.09. The maximum absolute atomic E-state index is 12.2. The van der Waals surface area contributed by atoms with E-state index in [-0.39, 0.29) is 11.8 Å². The third kappa shape index (κ3) is 3.78. The third-order valence-electron chi connectivity index (χ3n) is 3.77. The minimum absolute atomic E-state index is 0.00356. The molecule has 0 aliphatic carbocycles. The van der Waals surface area contributed by atoms with E-state index in [1.54, 1.807) is 11.3 Å². The van der Waals surface area contributed by atoms with Crippen molar-refractivity contribution in [3.05, 3.63) is 22.4 Å². The summed E-state index contributed by atoms with van der Waals surface area (Å²) in [6, 6.07) is 4.26. The van der Waals surface area contributed by atoms with Gasteiger partial charge in [0.05, 0.1) is 5.92 Å². The smallest absolute Gasteiger partial charge is 0.227 e. The average molecular weight is 281 g/mol. The van der Waals surface area contributed by atoms with E-state index in [0.29, 0.717) is 6.54 Å². The molecule has 1 aromatic heterocycles. The van der Waals surface area contributed by atoms with E-state index in [4.69, 9.17) is 5.73 Å². The van der Waals surface area contributed by atoms with E-state index >= 15 is 0 Å². The Labute approximate surface area is 119 Å². The highest BCUT2D eigenvalue weighted by Gasteiger charge is 2.25. The number of nitrogens with two attached hydrogens (primary N) is 1. The summed E-state index contributed by atoms with van der Waals surface area (Å²) in [4.78, 5) is 18.0. The molecular weight excluding hydrogens is 258 g/mol. The van der Waals surface area contributed by atoms with Gasteiger partial charge in [-0.15, -0.1) is 11.3 Å². The van der Waals surface area contributed by atoms with Gasteiger partial charge in [0.15, 0.2) is 0 Å². The summed E-state index contributed by atoms with van der Waals surface area (Å²) in [6.07, 6.45) is 0.838. The Kier molecular flexibility index (Phi) is 5.36. The van der Waals surface area contributed by atoms with Crippen LogP contribution in [0.2, 0.25) is 0 Å². The van der Waals surface area contributed by atoms with E-state index in [2.05, 4.69) is 22.4 Å². The fourth-order valence-electron chi connectivity index (χ4n) is 2.45. The van der Waals surface area contributed by atoms with Gasteiger partial charge in [-0.3, -0.25) is 9.69 Å². The van der Waals surface area contributed by atoms with Gasteiger partial charge in [-0.1, -0.05) is 13.0 Å². The van der Waals surface area contributed by atoms with Crippen LogP contribution in [-0.4, -0.2) is 48.4 Å².